The molecule has 21 heavy (non-hydrogen) atoms. The molecule has 0 heterocycles. The molecular formula is C15H12ClN5. The summed E-state index contributed by atoms with van der Waals surface area (Å²) in [6.07, 6.45) is 0. The Morgan fingerprint density at radius 2 is 1.90 bits per heavy atom. The van der Waals surface area contributed by atoms with E-state index in [-0.39, 0.29) is 11.5 Å². The van der Waals surface area contributed by atoms with Crippen molar-refractivity contribution in [2.24, 2.45) is 10.8 Å². The highest BCUT2D eigenvalue weighted by molar-refractivity contribution is 6.45. The number of rotatable bonds is 4. The summed E-state index contributed by atoms with van der Waals surface area (Å²) in [4.78, 5) is 0. The van der Waals surface area contributed by atoms with Crippen LogP contribution >= 0.6 is 11.6 Å². The van der Waals surface area contributed by atoms with Crippen LogP contribution in [0, 0.1) is 16.7 Å². The number of nitrogens with one attached hydrogen (secondary N) is 2. The van der Waals surface area contributed by atoms with Gasteiger partial charge < -0.3 is 5.73 Å². The van der Waals surface area contributed by atoms with Gasteiger partial charge in [0.2, 0.25) is 5.71 Å². The average molecular weight is 298 g/mol. The fraction of sp³-hybridized carbons (Fsp3) is 0. The van der Waals surface area contributed by atoms with Gasteiger partial charge in [0.15, 0.2) is 5.84 Å². The Bertz CT molecular complexity index is 728. The van der Waals surface area contributed by atoms with Crippen LogP contribution in [-0.2, 0) is 0 Å². The Labute approximate surface area is 127 Å². The van der Waals surface area contributed by atoms with Gasteiger partial charge in [-0.2, -0.15) is 10.4 Å². The lowest BCUT2D eigenvalue weighted by Crippen LogP contribution is -2.21. The van der Waals surface area contributed by atoms with Crippen molar-refractivity contribution in [1.29, 1.82) is 10.7 Å². The maximum absolute atomic E-state index is 8.74. The summed E-state index contributed by atoms with van der Waals surface area (Å²) >= 11 is 5.96. The third-order valence-corrected chi connectivity index (χ3v) is 2.94. The van der Waals surface area contributed by atoms with E-state index in [1.807, 2.05) is 48.5 Å². The van der Waals surface area contributed by atoms with Gasteiger partial charge in [-0.25, -0.2) is 0 Å². The lowest BCUT2D eigenvalue weighted by atomic mass is 10.1. The van der Waals surface area contributed by atoms with Crippen LogP contribution < -0.4 is 11.2 Å². The molecule has 0 aromatic heterocycles. The molecule has 0 amide bonds. The molecule has 0 aliphatic heterocycles. The first-order valence-electron chi connectivity index (χ1n) is 6.04. The number of nitriles is 1. The van der Waals surface area contributed by atoms with Crippen molar-refractivity contribution in [3.8, 4) is 17.2 Å². The van der Waals surface area contributed by atoms with Crippen LogP contribution in [0.3, 0.4) is 0 Å². The van der Waals surface area contributed by atoms with E-state index in [0.717, 1.165) is 11.1 Å². The summed E-state index contributed by atoms with van der Waals surface area (Å²) in [5.74, 6) is -0.374. The number of benzene rings is 2. The Hall–Kier alpha value is -2.84. The molecule has 0 saturated carbocycles. The maximum atomic E-state index is 8.74. The van der Waals surface area contributed by atoms with E-state index in [0.29, 0.717) is 10.7 Å². The molecule has 0 unspecified atom stereocenters. The summed E-state index contributed by atoms with van der Waals surface area (Å²) in [5.41, 5.74) is 10.4. The number of hydrogen-bond acceptors (Lipinski definition) is 4. The quantitative estimate of drug-likeness (QED) is 0.459. The highest BCUT2D eigenvalue weighted by Gasteiger charge is 2.02. The van der Waals surface area contributed by atoms with E-state index < -0.39 is 0 Å². The van der Waals surface area contributed by atoms with Gasteiger partial charge in [0, 0.05) is 5.02 Å². The molecule has 0 aliphatic carbocycles. The zero-order valence-electron chi connectivity index (χ0n) is 11.0. The van der Waals surface area contributed by atoms with Gasteiger partial charge >= 0.3 is 0 Å². The summed E-state index contributed by atoms with van der Waals surface area (Å²) < 4.78 is 0. The minimum absolute atomic E-state index is 0.158. The van der Waals surface area contributed by atoms with Gasteiger partial charge in [-0.05, 0) is 35.4 Å². The van der Waals surface area contributed by atoms with E-state index in [2.05, 4.69) is 10.5 Å². The number of nitrogens with zero attached hydrogens (tertiary/aromatic N) is 2. The lowest BCUT2D eigenvalue weighted by Gasteiger charge is -2.05. The molecule has 0 radical (unpaired) electrons. The number of anilines is 1. The van der Waals surface area contributed by atoms with E-state index >= 15 is 0 Å². The molecule has 0 fully saturated rings. The second-order valence-corrected chi connectivity index (χ2v) is 4.62. The van der Waals surface area contributed by atoms with Crippen LogP contribution in [0.4, 0.5) is 5.69 Å². The lowest BCUT2D eigenvalue weighted by molar-refractivity contribution is 1.33. The standard InChI is InChI=1S/C15H12ClN5/c16-12-3-1-2-11(8-12)10-4-6-13(7-5-10)20-21-14(9-17)15(18)19/h1-8,20H,(H3,18,19)/b21-14+. The molecule has 0 saturated heterocycles. The van der Waals surface area contributed by atoms with E-state index in [4.69, 9.17) is 28.0 Å². The number of amidine groups is 1. The number of hydrazone groups is 1. The third kappa shape index (κ3) is 3.81. The van der Waals surface area contributed by atoms with Crippen LogP contribution in [0.25, 0.3) is 11.1 Å². The van der Waals surface area contributed by atoms with E-state index in [9.17, 15) is 0 Å². The van der Waals surface area contributed by atoms with Gasteiger partial charge in [-0.15, -0.1) is 0 Å². The summed E-state index contributed by atoms with van der Waals surface area (Å²) in [5, 5.41) is 20.3. The molecule has 5 nitrogen and oxygen atoms in total. The zero-order chi connectivity index (χ0) is 15.2. The minimum Gasteiger partial charge on any atom is -0.382 e. The fourth-order valence-corrected chi connectivity index (χ4v) is 1.86. The molecule has 2 aromatic rings. The van der Waals surface area contributed by atoms with Gasteiger partial charge in [0.05, 0.1) is 5.69 Å². The van der Waals surface area contributed by atoms with E-state index in [1.165, 1.54) is 0 Å². The van der Waals surface area contributed by atoms with Crippen LogP contribution in [0.1, 0.15) is 0 Å². The molecule has 0 bridgehead atoms. The van der Waals surface area contributed by atoms with Gasteiger partial charge in [-0.1, -0.05) is 35.9 Å². The van der Waals surface area contributed by atoms with Crippen LogP contribution in [0.2, 0.25) is 5.02 Å². The van der Waals surface area contributed by atoms with Crippen molar-refractivity contribution < 1.29 is 0 Å². The maximum Gasteiger partial charge on any atom is 0.201 e. The van der Waals surface area contributed by atoms with Crippen LogP contribution in [0.5, 0.6) is 0 Å². The predicted molar refractivity (Wildman–Crippen MR) is 85.5 cm³/mol. The Morgan fingerprint density at radius 3 is 2.48 bits per heavy atom. The Balaban J connectivity index is 2.17. The first-order valence-corrected chi connectivity index (χ1v) is 6.42. The first-order chi connectivity index (χ1) is 10.1. The third-order valence-electron chi connectivity index (χ3n) is 2.70. The monoisotopic (exact) mass is 297 g/mol. The molecule has 0 atom stereocenters. The smallest absolute Gasteiger partial charge is 0.201 e. The molecule has 6 heteroatoms. The van der Waals surface area contributed by atoms with Crippen molar-refractivity contribution in [3.63, 3.8) is 0 Å². The molecule has 104 valence electrons. The predicted octanol–water partition coefficient (Wildman–Crippen LogP) is 3.23. The fourth-order valence-electron chi connectivity index (χ4n) is 1.67. The highest BCUT2D eigenvalue weighted by atomic mass is 35.5. The zero-order valence-corrected chi connectivity index (χ0v) is 11.7. The van der Waals surface area contributed by atoms with Crippen molar-refractivity contribution >= 4 is 28.8 Å². The Kier molecular flexibility index (Phi) is 4.54. The highest BCUT2D eigenvalue weighted by Crippen LogP contribution is 2.24. The first kappa shape index (κ1) is 14.6. The molecule has 2 aromatic carbocycles. The molecule has 0 spiro atoms. The largest absolute Gasteiger partial charge is 0.382 e. The van der Waals surface area contributed by atoms with E-state index in [1.54, 1.807) is 6.07 Å². The molecule has 4 N–H and O–H groups in total. The van der Waals surface area contributed by atoms with Crippen LogP contribution in [0.15, 0.2) is 53.6 Å². The number of halogens is 1. The van der Waals surface area contributed by atoms with Crippen molar-refractivity contribution in [3.05, 3.63) is 53.6 Å². The van der Waals surface area contributed by atoms with Gasteiger partial charge in [0.1, 0.15) is 6.07 Å². The van der Waals surface area contributed by atoms with Crippen molar-refractivity contribution in [1.82, 2.24) is 0 Å². The summed E-state index contributed by atoms with van der Waals surface area (Å²) in [6.45, 7) is 0. The summed E-state index contributed by atoms with van der Waals surface area (Å²) in [6, 6.07) is 16.7. The SMILES string of the molecule is N#C/C(=N\Nc1ccc(-c2cccc(Cl)c2)cc1)C(=N)N. The molecule has 2 rings (SSSR count). The second kappa shape index (κ2) is 6.55. The number of nitrogens with two attached hydrogens (primary N) is 1. The van der Waals surface area contributed by atoms with Crippen molar-refractivity contribution in [2.75, 3.05) is 5.43 Å². The van der Waals surface area contributed by atoms with Crippen molar-refractivity contribution in [2.45, 2.75) is 0 Å². The Morgan fingerprint density at radius 1 is 1.19 bits per heavy atom. The average Bonchev–Trinajstić information content (AvgIpc) is 2.48. The molecular weight excluding hydrogens is 286 g/mol. The van der Waals surface area contributed by atoms with Gasteiger partial charge in [0.25, 0.3) is 0 Å². The van der Waals surface area contributed by atoms with Crippen LogP contribution in [-0.4, -0.2) is 11.5 Å². The molecule has 0 aliphatic rings. The minimum atomic E-state index is -0.374. The topological polar surface area (TPSA) is 98.0 Å². The normalized spacial score (nSPS) is 10.8. The van der Waals surface area contributed by atoms with Gasteiger partial charge in [-0.3, -0.25) is 10.8 Å². The second-order valence-electron chi connectivity index (χ2n) is 4.19. The summed E-state index contributed by atoms with van der Waals surface area (Å²) in [7, 11) is 0. The number of hydrogen-bond donors (Lipinski definition) is 3.